The quantitative estimate of drug-likeness (QED) is 0.776. The third-order valence-electron chi connectivity index (χ3n) is 3.85. The molecule has 94 valence electrons. The fourth-order valence-electron chi connectivity index (χ4n) is 3.01. The number of anilines is 1. The maximum Gasteiger partial charge on any atom is 0.142 e. The van der Waals surface area contributed by atoms with Crippen LogP contribution in [0.3, 0.4) is 0 Å². The lowest BCUT2D eigenvalue weighted by Gasteiger charge is -2.42. The molecule has 2 heterocycles. The molecular weight excluding hydrogens is 234 g/mol. The van der Waals surface area contributed by atoms with Crippen LogP contribution in [0.15, 0.2) is 53.6 Å². The zero-order valence-electron chi connectivity index (χ0n) is 10.8. The van der Waals surface area contributed by atoms with Crippen LogP contribution in [-0.4, -0.2) is 12.3 Å². The molecule has 2 aliphatic heterocycles. The summed E-state index contributed by atoms with van der Waals surface area (Å²) in [7, 11) is 0. The molecule has 0 aromatic heterocycles. The Kier molecular flexibility index (Phi) is 2.15. The summed E-state index contributed by atoms with van der Waals surface area (Å²) in [5.41, 5.74) is 9.60. The van der Waals surface area contributed by atoms with E-state index in [9.17, 15) is 0 Å². The summed E-state index contributed by atoms with van der Waals surface area (Å²) >= 11 is 0. The highest BCUT2D eigenvalue weighted by Gasteiger charge is 2.32. The zero-order valence-corrected chi connectivity index (χ0v) is 10.8. The predicted molar refractivity (Wildman–Crippen MR) is 78.2 cm³/mol. The molecule has 1 unspecified atom stereocenters. The Morgan fingerprint density at radius 1 is 1.05 bits per heavy atom. The number of benzene rings is 2. The number of fused-ring (bicyclic) bond motifs is 6. The zero-order chi connectivity index (χ0) is 12.8. The van der Waals surface area contributed by atoms with Crippen LogP contribution in [-0.2, 0) is 0 Å². The van der Waals surface area contributed by atoms with Gasteiger partial charge in [-0.25, -0.2) is 0 Å². The van der Waals surface area contributed by atoms with E-state index in [2.05, 4.69) is 70.9 Å². The molecule has 2 aliphatic rings. The highest BCUT2D eigenvalue weighted by atomic mass is 15.4. The van der Waals surface area contributed by atoms with E-state index in [0.29, 0.717) is 0 Å². The number of hydrazone groups is 1. The molecule has 0 radical (unpaired) electrons. The van der Waals surface area contributed by atoms with Gasteiger partial charge >= 0.3 is 0 Å². The Hall–Kier alpha value is -2.29. The van der Waals surface area contributed by atoms with Crippen molar-refractivity contribution >= 4 is 11.4 Å². The molecule has 0 spiro atoms. The van der Waals surface area contributed by atoms with E-state index < -0.39 is 0 Å². The van der Waals surface area contributed by atoms with Crippen LogP contribution >= 0.6 is 0 Å². The Bertz CT molecular complexity index is 675. The molecule has 0 amide bonds. The van der Waals surface area contributed by atoms with Crippen LogP contribution in [0.2, 0.25) is 0 Å². The number of nitrogens with one attached hydrogen (secondary N) is 1. The van der Waals surface area contributed by atoms with E-state index in [0.717, 1.165) is 12.3 Å². The molecule has 0 aliphatic carbocycles. The van der Waals surface area contributed by atoms with Crippen LogP contribution < -0.4 is 10.3 Å². The van der Waals surface area contributed by atoms with E-state index in [1.54, 1.807) is 0 Å². The summed E-state index contributed by atoms with van der Waals surface area (Å²) < 4.78 is 0. The first-order valence-electron chi connectivity index (χ1n) is 6.58. The Balaban J connectivity index is 1.99. The van der Waals surface area contributed by atoms with Crippen LogP contribution in [0.4, 0.5) is 5.69 Å². The Labute approximate surface area is 112 Å². The topological polar surface area (TPSA) is 27.6 Å². The van der Waals surface area contributed by atoms with Gasteiger partial charge in [-0.1, -0.05) is 42.5 Å². The van der Waals surface area contributed by atoms with E-state index >= 15 is 0 Å². The van der Waals surface area contributed by atoms with Gasteiger partial charge in [-0.05, 0) is 18.6 Å². The van der Waals surface area contributed by atoms with Gasteiger partial charge in [0.15, 0.2) is 0 Å². The summed E-state index contributed by atoms with van der Waals surface area (Å²) in [5.74, 6) is 0. The average molecular weight is 249 g/mol. The van der Waals surface area contributed by atoms with Crippen molar-refractivity contribution in [3.8, 4) is 11.1 Å². The third-order valence-corrected chi connectivity index (χ3v) is 3.85. The van der Waals surface area contributed by atoms with Gasteiger partial charge in [0.1, 0.15) is 6.17 Å². The standard InChI is InChI=1S/C16H15N3/c1-11-10-19-15-9-5-4-7-13(15)12-6-2-3-8-14(12)16(19)18-17-11/h2-9,16,18H,10H2,1H3. The highest BCUT2D eigenvalue weighted by Crippen LogP contribution is 2.43. The lowest BCUT2D eigenvalue weighted by molar-refractivity contribution is 0.513. The number of para-hydroxylation sites is 1. The minimum Gasteiger partial charge on any atom is -0.340 e. The van der Waals surface area contributed by atoms with Crippen molar-refractivity contribution in [2.24, 2.45) is 5.10 Å². The van der Waals surface area contributed by atoms with Crippen LogP contribution in [0.25, 0.3) is 11.1 Å². The summed E-state index contributed by atoms with van der Waals surface area (Å²) in [4.78, 5) is 2.39. The fourth-order valence-corrected chi connectivity index (χ4v) is 3.01. The fraction of sp³-hybridized carbons (Fsp3) is 0.188. The molecule has 0 fully saturated rings. The normalized spacial score (nSPS) is 19.7. The first-order chi connectivity index (χ1) is 9.34. The minimum absolute atomic E-state index is 0.148. The molecule has 3 nitrogen and oxygen atoms in total. The highest BCUT2D eigenvalue weighted by molar-refractivity contribution is 5.92. The third kappa shape index (κ3) is 1.48. The van der Waals surface area contributed by atoms with Crippen molar-refractivity contribution in [1.82, 2.24) is 5.43 Å². The van der Waals surface area contributed by atoms with E-state index in [-0.39, 0.29) is 6.17 Å². The van der Waals surface area contributed by atoms with Crippen molar-refractivity contribution in [1.29, 1.82) is 0 Å². The Morgan fingerprint density at radius 3 is 2.68 bits per heavy atom. The lowest BCUT2D eigenvalue weighted by Crippen LogP contribution is -2.45. The van der Waals surface area contributed by atoms with Crippen molar-refractivity contribution in [2.45, 2.75) is 13.1 Å². The molecule has 2 aromatic carbocycles. The van der Waals surface area contributed by atoms with Crippen molar-refractivity contribution in [2.75, 3.05) is 11.4 Å². The average Bonchev–Trinajstić information content (AvgIpc) is 2.47. The number of hydrogen-bond donors (Lipinski definition) is 1. The second kappa shape index (κ2) is 3.85. The van der Waals surface area contributed by atoms with Gasteiger partial charge in [0.05, 0.1) is 12.3 Å². The van der Waals surface area contributed by atoms with Gasteiger partial charge in [0.25, 0.3) is 0 Å². The molecule has 0 bridgehead atoms. The number of hydrogen-bond acceptors (Lipinski definition) is 3. The van der Waals surface area contributed by atoms with Crippen LogP contribution in [0.1, 0.15) is 18.7 Å². The largest absolute Gasteiger partial charge is 0.340 e. The molecular formula is C16H15N3. The summed E-state index contributed by atoms with van der Waals surface area (Å²) in [6.45, 7) is 2.94. The Morgan fingerprint density at radius 2 is 1.79 bits per heavy atom. The first kappa shape index (κ1) is 10.6. The van der Waals surface area contributed by atoms with Crippen molar-refractivity contribution in [3.05, 3.63) is 54.1 Å². The maximum absolute atomic E-state index is 4.41. The lowest BCUT2D eigenvalue weighted by atomic mass is 9.91. The van der Waals surface area contributed by atoms with Gasteiger partial charge in [0, 0.05) is 16.8 Å². The van der Waals surface area contributed by atoms with Gasteiger partial charge < -0.3 is 4.90 Å². The summed E-state index contributed by atoms with van der Waals surface area (Å²) in [5, 5.41) is 4.41. The van der Waals surface area contributed by atoms with Gasteiger partial charge in [-0.2, -0.15) is 5.10 Å². The summed E-state index contributed by atoms with van der Waals surface area (Å²) in [6, 6.07) is 17.2. The van der Waals surface area contributed by atoms with E-state index in [1.807, 2.05) is 0 Å². The second-order valence-electron chi connectivity index (χ2n) is 5.11. The molecule has 2 aromatic rings. The minimum atomic E-state index is 0.148. The number of rotatable bonds is 0. The van der Waals surface area contributed by atoms with Gasteiger partial charge in [-0.3, -0.25) is 5.43 Å². The molecule has 3 heteroatoms. The summed E-state index contributed by atoms with van der Waals surface area (Å²) in [6.07, 6.45) is 0.148. The van der Waals surface area contributed by atoms with Crippen LogP contribution in [0.5, 0.6) is 0 Å². The van der Waals surface area contributed by atoms with E-state index in [1.165, 1.54) is 22.4 Å². The molecule has 1 N–H and O–H groups in total. The predicted octanol–water partition coefficient (Wildman–Crippen LogP) is 3.15. The SMILES string of the molecule is CC1=NNC2c3ccccc3-c3ccccc3N2C1. The second-order valence-corrected chi connectivity index (χ2v) is 5.11. The van der Waals surface area contributed by atoms with Gasteiger partial charge in [0.2, 0.25) is 0 Å². The van der Waals surface area contributed by atoms with E-state index in [4.69, 9.17) is 0 Å². The number of nitrogens with zero attached hydrogens (tertiary/aromatic N) is 2. The van der Waals surface area contributed by atoms with Crippen molar-refractivity contribution in [3.63, 3.8) is 0 Å². The van der Waals surface area contributed by atoms with Crippen LogP contribution in [0, 0.1) is 0 Å². The molecule has 4 rings (SSSR count). The molecule has 0 saturated carbocycles. The molecule has 1 atom stereocenters. The monoisotopic (exact) mass is 249 g/mol. The molecule has 19 heavy (non-hydrogen) atoms. The van der Waals surface area contributed by atoms with Crippen molar-refractivity contribution < 1.29 is 0 Å². The smallest absolute Gasteiger partial charge is 0.142 e. The first-order valence-corrected chi connectivity index (χ1v) is 6.58. The maximum atomic E-state index is 4.41. The molecule has 0 saturated heterocycles. The van der Waals surface area contributed by atoms with Gasteiger partial charge in [-0.15, -0.1) is 0 Å².